The number of hydrogen-bond donors (Lipinski definition) is 2. The molecule has 1 aliphatic rings. The zero-order valence-electron chi connectivity index (χ0n) is 12.5. The molecule has 0 saturated carbocycles. The van der Waals surface area contributed by atoms with Crippen molar-refractivity contribution in [2.24, 2.45) is 0 Å². The first-order chi connectivity index (χ1) is 10.2. The van der Waals surface area contributed by atoms with E-state index >= 15 is 0 Å². The molecule has 1 saturated heterocycles. The van der Waals surface area contributed by atoms with E-state index in [2.05, 4.69) is 10.6 Å². The number of nitrogens with one attached hydrogen (secondary N) is 2. The van der Waals surface area contributed by atoms with E-state index in [9.17, 15) is 4.79 Å². The summed E-state index contributed by atoms with van der Waals surface area (Å²) in [5.74, 6) is 1.24. The molecule has 21 heavy (non-hydrogen) atoms. The van der Waals surface area contributed by atoms with Gasteiger partial charge >= 0.3 is 0 Å². The molecule has 1 aliphatic heterocycles. The Morgan fingerprint density at radius 1 is 1.52 bits per heavy atom. The Morgan fingerprint density at radius 2 is 2.38 bits per heavy atom. The molecule has 6 heteroatoms. The highest BCUT2D eigenvalue weighted by Gasteiger charge is 2.18. The topological polar surface area (TPSA) is 68.8 Å². The Labute approximate surface area is 124 Å². The minimum atomic E-state index is -0.0767. The van der Waals surface area contributed by atoms with Crippen LogP contribution >= 0.6 is 0 Å². The van der Waals surface area contributed by atoms with Gasteiger partial charge in [-0.1, -0.05) is 0 Å². The molecular formula is C15H22N2O4. The lowest BCUT2D eigenvalue weighted by Gasteiger charge is -2.23. The van der Waals surface area contributed by atoms with E-state index in [-0.39, 0.29) is 11.9 Å². The van der Waals surface area contributed by atoms with Crippen molar-refractivity contribution < 1.29 is 19.0 Å². The molecule has 0 radical (unpaired) electrons. The van der Waals surface area contributed by atoms with Crippen LogP contribution in [0.25, 0.3) is 0 Å². The van der Waals surface area contributed by atoms with Crippen LogP contribution < -0.4 is 20.1 Å². The number of anilines is 1. The van der Waals surface area contributed by atoms with Gasteiger partial charge in [-0.05, 0) is 19.1 Å². The van der Waals surface area contributed by atoms with Crippen molar-refractivity contribution in [3.63, 3.8) is 0 Å². The molecule has 1 atom stereocenters. The predicted octanol–water partition coefficient (Wildman–Crippen LogP) is 1.41. The van der Waals surface area contributed by atoms with Crippen LogP contribution in [0.1, 0.15) is 13.3 Å². The largest absolute Gasteiger partial charge is 0.497 e. The number of methoxy groups -OCH3 is 1. The van der Waals surface area contributed by atoms with Gasteiger partial charge in [-0.2, -0.15) is 0 Å². The molecule has 0 aromatic heterocycles. The fourth-order valence-electron chi connectivity index (χ4n) is 2.19. The Kier molecular flexibility index (Phi) is 5.83. The normalized spacial score (nSPS) is 18.1. The SMILES string of the molecule is CCOc1ccc(OC)cc1NC(=O)CC1COCCN1. The maximum atomic E-state index is 12.1. The molecule has 1 amide bonds. The first-order valence-electron chi connectivity index (χ1n) is 7.14. The molecule has 1 heterocycles. The summed E-state index contributed by atoms with van der Waals surface area (Å²) in [5, 5.41) is 6.13. The Bertz CT molecular complexity index is 473. The van der Waals surface area contributed by atoms with Gasteiger partial charge in [-0.25, -0.2) is 0 Å². The number of carbonyl (C=O) groups is 1. The highest BCUT2D eigenvalue weighted by molar-refractivity contribution is 5.93. The van der Waals surface area contributed by atoms with Gasteiger partial charge in [0.1, 0.15) is 11.5 Å². The summed E-state index contributed by atoms with van der Waals surface area (Å²) in [6.45, 7) is 4.47. The second kappa shape index (κ2) is 7.85. The average Bonchev–Trinajstić information content (AvgIpc) is 2.50. The zero-order chi connectivity index (χ0) is 15.1. The van der Waals surface area contributed by atoms with E-state index < -0.39 is 0 Å². The van der Waals surface area contributed by atoms with Crippen molar-refractivity contribution in [3.8, 4) is 11.5 Å². The predicted molar refractivity (Wildman–Crippen MR) is 80.0 cm³/mol. The smallest absolute Gasteiger partial charge is 0.226 e. The van der Waals surface area contributed by atoms with E-state index in [1.165, 1.54) is 0 Å². The third kappa shape index (κ3) is 4.61. The molecule has 6 nitrogen and oxygen atoms in total. The summed E-state index contributed by atoms with van der Waals surface area (Å²) in [6, 6.07) is 5.41. The lowest BCUT2D eigenvalue weighted by atomic mass is 10.2. The average molecular weight is 294 g/mol. The minimum absolute atomic E-state index is 0.0555. The highest BCUT2D eigenvalue weighted by Crippen LogP contribution is 2.29. The third-order valence-corrected chi connectivity index (χ3v) is 3.19. The van der Waals surface area contributed by atoms with Crippen LogP contribution in [0.15, 0.2) is 18.2 Å². The molecule has 0 spiro atoms. The lowest BCUT2D eigenvalue weighted by molar-refractivity contribution is -0.117. The first-order valence-corrected chi connectivity index (χ1v) is 7.14. The maximum Gasteiger partial charge on any atom is 0.226 e. The number of rotatable bonds is 6. The fraction of sp³-hybridized carbons (Fsp3) is 0.533. The molecule has 0 aliphatic carbocycles. The number of hydrogen-bond acceptors (Lipinski definition) is 5. The number of carbonyl (C=O) groups excluding carboxylic acids is 1. The van der Waals surface area contributed by atoms with E-state index in [1.807, 2.05) is 6.92 Å². The van der Waals surface area contributed by atoms with Crippen molar-refractivity contribution in [2.45, 2.75) is 19.4 Å². The van der Waals surface area contributed by atoms with Crippen molar-refractivity contribution in [2.75, 3.05) is 38.8 Å². The van der Waals surface area contributed by atoms with Crippen LogP contribution in [0.5, 0.6) is 11.5 Å². The minimum Gasteiger partial charge on any atom is -0.497 e. The van der Waals surface area contributed by atoms with Gasteiger partial charge in [0.05, 0.1) is 32.6 Å². The Balaban J connectivity index is 2.00. The molecule has 0 bridgehead atoms. The van der Waals surface area contributed by atoms with Crippen LogP contribution in [-0.4, -0.2) is 45.4 Å². The molecule has 2 rings (SSSR count). The van der Waals surface area contributed by atoms with Crippen molar-refractivity contribution in [1.82, 2.24) is 5.32 Å². The van der Waals surface area contributed by atoms with Gasteiger partial charge in [0.25, 0.3) is 0 Å². The summed E-state index contributed by atoms with van der Waals surface area (Å²) >= 11 is 0. The summed E-state index contributed by atoms with van der Waals surface area (Å²) in [6.07, 6.45) is 0.364. The first kappa shape index (κ1) is 15.6. The molecule has 1 aromatic rings. The highest BCUT2D eigenvalue weighted by atomic mass is 16.5. The zero-order valence-corrected chi connectivity index (χ0v) is 12.5. The van der Waals surface area contributed by atoms with Gasteiger partial charge < -0.3 is 24.8 Å². The molecular weight excluding hydrogens is 272 g/mol. The molecule has 2 N–H and O–H groups in total. The standard InChI is InChI=1S/C15H22N2O4/c1-3-21-14-5-4-12(19-2)9-13(14)17-15(18)8-11-10-20-7-6-16-11/h4-5,9,11,16H,3,6-8,10H2,1-2H3,(H,17,18). The van der Waals surface area contributed by atoms with Crippen LogP contribution in [0.3, 0.4) is 0 Å². The number of amides is 1. The van der Waals surface area contributed by atoms with Gasteiger partial charge in [0.15, 0.2) is 0 Å². The van der Waals surface area contributed by atoms with E-state index in [0.717, 1.165) is 6.54 Å². The van der Waals surface area contributed by atoms with Gasteiger partial charge in [0, 0.05) is 25.1 Å². The maximum absolute atomic E-state index is 12.1. The molecule has 116 valence electrons. The summed E-state index contributed by atoms with van der Waals surface area (Å²) < 4.78 is 16.0. The van der Waals surface area contributed by atoms with E-state index in [0.29, 0.717) is 43.4 Å². The van der Waals surface area contributed by atoms with Gasteiger partial charge in [-0.15, -0.1) is 0 Å². The summed E-state index contributed by atoms with van der Waals surface area (Å²) in [5.41, 5.74) is 0.623. The summed E-state index contributed by atoms with van der Waals surface area (Å²) in [7, 11) is 1.59. The second-order valence-corrected chi connectivity index (χ2v) is 4.77. The van der Waals surface area contributed by atoms with Crippen LogP contribution in [0, 0.1) is 0 Å². The molecule has 1 aromatic carbocycles. The lowest BCUT2D eigenvalue weighted by Crippen LogP contribution is -2.43. The van der Waals surface area contributed by atoms with Crippen molar-refractivity contribution in [3.05, 3.63) is 18.2 Å². The van der Waals surface area contributed by atoms with Gasteiger partial charge in [0.2, 0.25) is 5.91 Å². The van der Waals surface area contributed by atoms with Crippen molar-refractivity contribution >= 4 is 11.6 Å². The monoisotopic (exact) mass is 294 g/mol. The van der Waals surface area contributed by atoms with Crippen LogP contribution in [0.2, 0.25) is 0 Å². The van der Waals surface area contributed by atoms with Crippen LogP contribution in [-0.2, 0) is 9.53 Å². The quantitative estimate of drug-likeness (QED) is 0.830. The summed E-state index contributed by atoms with van der Waals surface area (Å²) in [4.78, 5) is 12.1. The van der Waals surface area contributed by atoms with E-state index in [1.54, 1.807) is 25.3 Å². The van der Waals surface area contributed by atoms with Crippen molar-refractivity contribution in [1.29, 1.82) is 0 Å². The number of benzene rings is 1. The van der Waals surface area contributed by atoms with Gasteiger partial charge in [-0.3, -0.25) is 4.79 Å². The number of ether oxygens (including phenoxy) is 3. The number of morpholine rings is 1. The molecule has 1 unspecified atom stereocenters. The Hall–Kier alpha value is -1.79. The third-order valence-electron chi connectivity index (χ3n) is 3.19. The van der Waals surface area contributed by atoms with E-state index in [4.69, 9.17) is 14.2 Å². The fourth-order valence-corrected chi connectivity index (χ4v) is 2.19. The second-order valence-electron chi connectivity index (χ2n) is 4.77. The molecule has 1 fully saturated rings. The van der Waals surface area contributed by atoms with Crippen LogP contribution in [0.4, 0.5) is 5.69 Å². The Morgan fingerprint density at radius 3 is 3.05 bits per heavy atom.